The maximum Gasteiger partial charge on any atom is 0.322 e. The normalized spacial score (nSPS) is 16.5. The highest BCUT2D eigenvalue weighted by Crippen LogP contribution is 2.25. The summed E-state index contributed by atoms with van der Waals surface area (Å²) in [7, 11) is 0. The monoisotopic (exact) mass is 379 g/mol. The van der Waals surface area contributed by atoms with E-state index in [1.807, 2.05) is 29.2 Å². The van der Waals surface area contributed by atoms with Crippen molar-refractivity contribution < 1.29 is 9.59 Å². The third-order valence-corrected chi connectivity index (χ3v) is 5.20. The molecule has 5 nitrogen and oxygen atoms in total. The van der Waals surface area contributed by atoms with Crippen molar-refractivity contribution in [2.45, 2.75) is 45.6 Å². The van der Waals surface area contributed by atoms with Crippen LogP contribution in [-0.2, 0) is 4.79 Å². The molecule has 0 aromatic heterocycles. The highest BCUT2D eigenvalue weighted by atomic mass is 16.2. The van der Waals surface area contributed by atoms with Crippen LogP contribution in [0.25, 0.3) is 11.1 Å². The molecule has 3 rings (SSSR count). The van der Waals surface area contributed by atoms with Gasteiger partial charge < -0.3 is 15.5 Å². The lowest BCUT2D eigenvalue weighted by Crippen LogP contribution is -2.47. The van der Waals surface area contributed by atoms with Gasteiger partial charge in [0.25, 0.3) is 0 Å². The summed E-state index contributed by atoms with van der Waals surface area (Å²) in [6.45, 7) is 4.96. The average molecular weight is 380 g/mol. The SMILES string of the molecule is CC(=O)NCC[C@H]1CCCCN1C(=O)Nc1cccc(-c2cccc(C)c2)c1. The topological polar surface area (TPSA) is 61.4 Å². The van der Waals surface area contributed by atoms with Crippen molar-refractivity contribution in [1.29, 1.82) is 0 Å². The van der Waals surface area contributed by atoms with Gasteiger partial charge in [-0.15, -0.1) is 0 Å². The number of piperidine rings is 1. The van der Waals surface area contributed by atoms with Crippen molar-refractivity contribution in [2.24, 2.45) is 0 Å². The molecule has 1 heterocycles. The third kappa shape index (κ3) is 5.35. The van der Waals surface area contributed by atoms with Gasteiger partial charge in [-0.05, 0) is 55.9 Å². The van der Waals surface area contributed by atoms with Gasteiger partial charge in [-0.1, -0.05) is 42.0 Å². The number of nitrogens with one attached hydrogen (secondary N) is 2. The minimum Gasteiger partial charge on any atom is -0.356 e. The van der Waals surface area contributed by atoms with E-state index in [-0.39, 0.29) is 18.0 Å². The van der Waals surface area contributed by atoms with Gasteiger partial charge in [0.2, 0.25) is 5.91 Å². The van der Waals surface area contributed by atoms with Crippen molar-refractivity contribution in [3.05, 3.63) is 54.1 Å². The van der Waals surface area contributed by atoms with Crippen LogP contribution in [0.1, 0.15) is 38.2 Å². The summed E-state index contributed by atoms with van der Waals surface area (Å²) >= 11 is 0. The lowest BCUT2D eigenvalue weighted by atomic mass is 9.99. The predicted octanol–water partition coefficient (Wildman–Crippen LogP) is 4.57. The molecule has 1 saturated heterocycles. The van der Waals surface area contributed by atoms with Gasteiger partial charge in [-0.2, -0.15) is 0 Å². The van der Waals surface area contributed by atoms with Crippen molar-refractivity contribution in [3.8, 4) is 11.1 Å². The summed E-state index contributed by atoms with van der Waals surface area (Å²) in [5.74, 6) is -0.0280. The van der Waals surface area contributed by atoms with E-state index in [4.69, 9.17) is 0 Å². The second kappa shape index (κ2) is 9.40. The van der Waals surface area contributed by atoms with E-state index in [1.165, 1.54) is 12.5 Å². The number of hydrogen-bond donors (Lipinski definition) is 2. The minimum atomic E-state index is -0.0612. The highest BCUT2D eigenvalue weighted by Gasteiger charge is 2.26. The van der Waals surface area contributed by atoms with E-state index in [1.54, 1.807) is 0 Å². The highest BCUT2D eigenvalue weighted by molar-refractivity contribution is 5.90. The standard InChI is InChI=1S/C23H29N3O2/c1-17-7-5-8-19(15-17)20-9-6-10-21(16-20)25-23(28)26-14-4-3-11-22(26)12-13-24-18(2)27/h5-10,15-16,22H,3-4,11-14H2,1-2H3,(H,24,27)(H,25,28)/t22-/m1/s1. The average Bonchev–Trinajstić information content (AvgIpc) is 2.68. The molecule has 0 bridgehead atoms. The van der Waals surface area contributed by atoms with Crippen molar-refractivity contribution in [2.75, 3.05) is 18.4 Å². The molecule has 28 heavy (non-hydrogen) atoms. The number of rotatable bonds is 5. The summed E-state index contributed by atoms with van der Waals surface area (Å²) < 4.78 is 0. The Kier molecular flexibility index (Phi) is 6.69. The molecule has 1 fully saturated rings. The molecule has 0 spiro atoms. The van der Waals surface area contributed by atoms with Crippen LogP contribution in [0.4, 0.5) is 10.5 Å². The Bertz CT molecular complexity index is 834. The number of likely N-dealkylation sites (tertiary alicyclic amines) is 1. The minimum absolute atomic E-state index is 0.0280. The Hall–Kier alpha value is -2.82. The maximum absolute atomic E-state index is 12.9. The fraction of sp³-hybridized carbons (Fsp3) is 0.391. The molecule has 5 heteroatoms. The van der Waals surface area contributed by atoms with Gasteiger partial charge in [-0.3, -0.25) is 4.79 Å². The van der Waals surface area contributed by atoms with Gasteiger partial charge >= 0.3 is 6.03 Å². The Morgan fingerprint density at radius 1 is 1.07 bits per heavy atom. The summed E-state index contributed by atoms with van der Waals surface area (Å²) in [5, 5.41) is 5.90. The number of aryl methyl sites for hydroxylation is 1. The van der Waals surface area contributed by atoms with Crippen molar-refractivity contribution >= 4 is 17.6 Å². The second-order valence-corrected chi connectivity index (χ2v) is 7.50. The van der Waals surface area contributed by atoms with Gasteiger partial charge in [0, 0.05) is 31.7 Å². The fourth-order valence-corrected chi connectivity index (χ4v) is 3.78. The van der Waals surface area contributed by atoms with E-state index in [0.29, 0.717) is 6.54 Å². The zero-order chi connectivity index (χ0) is 19.9. The zero-order valence-electron chi connectivity index (χ0n) is 16.7. The number of anilines is 1. The van der Waals surface area contributed by atoms with Crippen LogP contribution in [0, 0.1) is 6.92 Å². The largest absolute Gasteiger partial charge is 0.356 e. The molecular weight excluding hydrogens is 350 g/mol. The van der Waals surface area contributed by atoms with E-state index in [0.717, 1.165) is 49.0 Å². The molecule has 2 N–H and O–H groups in total. The van der Waals surface area contributed by atoms with Gasteiger partial charge in [0.05, 0.1) is 0 Å². The molecular formula is C23H29N3O2. The fourth-order valence-electron chi connectivity index (χ4n) is 3.78. The third-order valence-electron chi connectivity index (χ3n) is 5.20. The van der Waals surface area contributed by atoms with Gasteiger partial charge in [0.1, 0.15) is 0 Å². The first kappa shape index (κ1) is 19.9. The van der Waals surface area contributed by atoms with E-state index < -0.39 is 0 Å². The number of hydrogen-bond acceptors (Lipinski definition) is 2. The molecule has 0 radical (unpaired) electrons. The van der Waals surface area contributed by atoms with Crippen LogP contribution in [0.3, 0.4) is 0 Å². The molecule has 0 aliphatic carbocycles. The second-order valence-electron chi connectivity index (χ2n) is 7.50. The molecule has 2 aromatic carbocycles. The van der Waals surface area contributed by atoms with Gasteiger partial charge in [-0.25, -0.2) is 4.79 Å². The zero-order valence-corrected chi connectivity index (χ0v) is 16.7. The van der Waals surface area contributed by atoms with Crippen LogP contribution < -0.4 is 10.6 Å². The van der Waals surface area contributed by atoms with Crippen molar-refractivity contribution in [3.63, 3.8) is 0 Å². The number of carbonyl (C=O) groups is 2. The molecule has 2 aromatic rings. The molecule has 0 unspecified atom stereocenters. The molecule has 148 valence electrons. The quantitative estimate of drug-likeness (QED) is 0.799. The molecule has 1 aliphatic heterocycles. The predicted molar refractivity (Wildman–Crippen MR) is 113 cm³/mol. The van der Waals surface area contributed by atoms with Crippen molar-refractivity contribution in [1.82, 2.24) is 10.2 Å². The lowest BCUT2D eigenvalue weighted by Gasteiger charge is -2.35. The van der Waals surface area contributed by atoms with E-state index >= 15 is 0 Å². The Morgan fingerprint density at radius 3 is 2.57 bits per heavy atom. The molecule has 1 aliphatic rings. The number of nitrogens with zero attached hydrogens (tertiary/aromatic N) is 1. The Balaban J connectivity index is 1.67. The Labute approximate surface area is 167 Å². The van der Waals surface area contributed by atoms with Crippen LogP contribution in [-0.4, -0.2) is 36.0 Å². The van der Waals surface area contributed by atoms with Crippen LogP contribution in [0.15, 0.2) is 48.5 Å². The lowest BCUT2D eigenvalue weighted by molar-refractivity contribution is -0.119. The molecule has 0 saturated carbocycles. The van der Waals surface area contributed by atoms with E-state index in [9.17, 15) is 9.59 Å². The summed E-state index contributed by atoms with van der Waals surface area (Å²) in [6, 6.07) is 16.4. The smallest absolute Gasteiger partial charge is 0.322 e. The number of urea groups is 1. The summed E-state index contributed by atoms with van der Waals surface area (Å²) in [4.78, 5) is 25.9. The molecule has 1 atom stereocenters. The number of amides is 3. The van der Waals surface area contributed by atoms with Crippen LogP contribution in [0.2, 0.25) is 0 Å². The summed E-state index contributed by atoms with van der Waals surface area (Å²) in [5.41, 5.74) is 4.24. The molecule has 3 amide bonds. The first-order valence-electron chi connectivity index (χ1n) is 10.0. The first-order chi connectivity index (χ1) is 13.5. The van der Waals surface area contributed by atoms with E-state index in [2.05, 4.69) is 41.8 Å². The Morgan fingerprint density at radius 2 is 1.82 bits per heavy atom. The first-order valence-corrected chi connectivity index (χ1v) is 10.0. The number of benzene rings is 2. The van der Waals surface area contributed by atoms with Crippen LogP contribution >= 0.6 is 0 Å². The van der Waals surface area contributed by atoms with Gasteiger partial charge in [0.15, 0.2) is 0 Å². The number of carbonyl (C=O) groups excluding carboxylic acids is 2. The maximum atomic E-state index is 12.9. The summed E-state index contributed by atoms with van der Waals surface area (Å²) in [6.07, 6.45) is 3.91. The van der Waals surface area contributed by atoms with Crippen LogP contribution in [0.5, 0.6) is 0 Å².